The lowest BCUT2D eigenvalue weighted by atomic mass is 10.0. The highest BCUT2D eigenvalue weighted by Crippen LogP contribution is 2.24. The maximum absolute atomic E-state index is 10.2. The minimum Gasteiger partial charge on any atom is -0.490 e. The van der Waals surface area contributed by atoms with Crippen LogP contribution in [0.4, 0.5) is 0 Å². The van der Waals surface area contributed by atoms with E-state index >= 15 is 0 Å². The van der Waals surface area contributed by atoms with E-state index in [2.05, 4.69) is 62.5 Å². The van der Waals surface area contributed by atoms with Gasteiger partial charge >= 0.3 is 0 Å². The van der Waals surface area contributed by atoms with E-state index in [1.807, 2.05) is 13.8 Å². The molecule has 4 heteroatoms. The Morgan fingerprint density at radius 3 is 2.15 bits per heavy atom. The second kappa shape index (κ2) is 10.6. The van der Waals surface area contributed by atoms with Crippen molar-refractivity contribution in [2.75, 3.05) is 13.2 Å². The zero-order valence-electron chi connectivity index (χ0n) is 16.5. The van der Waals surface area contributed by atoms with E-state index in [1.54, 1.807) is 0 Å². The van der Waals surface area contributed by atoms with Crippen LogP contribution in [0, 0.1) is 20.8 Å². The predicted molar refractivity (Wildman–Crippen MR) is 112 cm³/mol. The maximum atomic E-state index is 10.2. The molecule has 2 aromatic carbocycles. The van der Waals surface area contributed by atoms with Crippen LogP contribution in [0.1, 0.15) is 47.7 Å². The first-order valence-corrected chi connectivity index (χ1v) is 9.11. The summed E-state index contributed by atoms with van der Waals surface area (Å²) in [5, 5.41) is 13.6. The van der Waals surface area contributed by atoms with Crippen molar-refractivity contribution in [3.05, 3.63) is 64.2 Å². The van der Waals surface area contributed by atoms with Gasteiger partial charge in [-0.3, -0.25) is 0 Å². The van der Waals surface area contributed by atoms with Crippen molar-refractivity contribution in [2.45, 2.75) is 53.2 Å². The van der Waals surface area contributed by atoms with E-state index in [1.165, 1.54) is 16.7 Å². The summed E-state index contributed by atoms with van der Waals surface area (Å²) in [4.78, 5) is 0. The Morgan fingerprint density at radius 2 is 1.62 bits per heavy atom. The van der Waals surface area contributed by atoms with Crippen molar-refractivity contribution in [1.29, 1.82) is 0 Å². The van der Waals surface area contributed by atoms with Crippen LogP contribution in [-0.4, -0.2) is 24.4 Å². The van der Waals surface area contributed by atoms with E-state index in [9.17, 15) is 5.11 Å². The smallest absolute Gasteiger partial charge is 0.125 e. The molecule has 0 saturated carbocycles. The maximum Gasteiger partial charge on any atom is 0.125 e. The molecule has 0 radical (unpaired) electrons. The molecule has 0 bridgehead atoms. The number of benzene rings is 2. The molecule has 0 aliphatic rings. The van der Waals surface area contributed by atoms with Gasteiger partial charge in [0.2, 0.25) is 0 Å². The summed E-state index contributed by atoms with van der Waals surface area (Å²) >= 11 is 0. The molecular formula is C22H32ClNO2. The molecule has 0 amide bonds. The van der Waals surface area contributed by atoms with Gasteiger partial charge in [0.15, 0.2) is 0 Å². The molecule has 144 valence electrons. The summed E-state index contributed by atoms with van der Waals surface area (Å²) in [7, 11) is 0. The van der Waals surface area contributed by atoms with Crippen LogP contribution in [0.25, 0.3) is 0 Å². The van der Waals surface area contributed by atoms with Crippen LogP contribution in [0.15, 0.2) is 36.4 Å². The minimum absolute atomic E-state index is 0. The summed E-state index contributed by atoms with van der Waals surface area (Å²) in [5.74, 6) is 0.882. The second-order valence-corrected chi connectivity index (χ2v) is 6.92. The summed E-state index contributed by atoms with van der Waals surface area (Å²) in [5.41, 5.74) is 6.03. The van der Waals surface area contributed by atoms with Crippen LogP contribution in [-0.2, 0) is 6.42 Å². The molecule has 2 atom stereocenters. The van der Waals surface area contributed by atoms with Gasteiger partial charge in [0.1, 0.15) is 18.5 Å². The lowest BCUT2D eigenvalue weighted by Crippen LogP contribution is -2.33. The number of hydrogen-bond donors (Lipinski definition) is 2. The Morgan fingerprint density at radius 1 is 1.04 bits per heavy atom. The number of ether oxygens (including phenoxy) is 1. The van der Waals surface area contributed by atoms with E-state index in [-0.39, 0.29) is 18.4 Å². The highest BCUT2D eigenvalue weighted by atomic mass is 35.5. The molecular weight excluding hydrogens is 346 g/mol. The van der Waals surface area contributed by atoms with Gasteiger partial charge in [-0.05, 0) is 56.4 Å². The fraction of sp³-hybridized carbons (Fsp3) is 0.455. The minimum atomic E-state index is -0.544. The van der Waals surface area contributed by atoms with E-state index in [4.69, 9.17) is 4.74 Å². The number of aliphatic hydroxyl groups excluding tert-OH is 1. The number of rotatable bonds is 8. The Kier molecular flexibility index (Phi) is 9.14. The first-order chi connectivity index (χ1) is 11.9. The van der Waals surface area contributed by atoms with Crippen molar-refractivity contribution in [3.8, 4) is 5.75 Å². The van der Waals surface area contributed by atoms with Crippen LogP contribution >= 0.6 is 12.4 Å². The topological polar surface area (TPSA) is 41.5 Å². The van der Waals surface area contributed by atoms with Gasteiger partial charge in [0.25, 0.3) is 0 Å². The van der Waals surface area contributed by atoms with Gasteiger partial charge in [0.05, 0.1) is 0 Å². The average Bonchev–Trinajstić information content (AvgIpc) is 2.58. The first-order valence-electron chi connectivity index (χ1n) is 9.11. The van der Waals surface area contributed by atoms with Gasteiger partial charge < -0.3 is 15.2 Å². The number of aliphatic hydroxyl groups is 1. The summed E-state index contributed by atoms with van der Waals surface area (Å²) in [6.45, 7) is 11.2. The quantitative estimate of drug-likeness (QED) is 0.701. The molecule has 2 aromatic rings. The Balaban J connectivity index is 0.00000338. The largest absolute Gasteiger partial charge is 0.490 e. The van der Waals surface area contributed by atoms with Crippen molar-refractivity contribution < 1.29 is 9.84 Å². The van der Waals surface area contributed by atoms with Crippen LogP contribution < -0.4 is 10.1 Å². The van der Waals surface area contributed by atoms with Crippen molar-refractivity contribution >= 4 is 12.4 Å². The van der Waals surface area contributed by atoms with Gasteiger partial charge in [-0.2, -0.15) is 0 Å². The van der Waals surface area contributed by atoms with Crippen molar-refractivity contribution in [2.24, 2.45) is 0 Å². The standard InChI is InChI=1S/C22H31NO2.ClH/c1-6-19-7-9-20(10-8-19)18(5)23-13-21(24)14-25-22-16(3)11-15(2)12-17(22)4;/h7-12,18,21,23-24H,6,13-14H2,1-5H3;1H. The molecule has 2 N–H and O–H groups in total. The molecule has 0 fully saturated rings. The predicted octanol–water partition coefficient (Wildman–Crippen LogP) is 4.69. The van der Waals surface area contributed by atoms with E-state index < -0.39 is 6.10 Å². The monoisotopic (exact) mass is 377 g/mol. The average molecular weight is 378 g/mol. The zero-order chi connectivity index (χ0) is 18.4. The van der Waals surface area contributed by atoms with E-state index in [0.717, 1.165) is 23.3 Å². The van der Waals surface area contributed by atoms with Gasteiger partial charge in [-0.15, -0.1) is 12.4 Å². The lowest BCUT2D eigenvalue weighted by Gasteiger charge is -2.19. The number of nitrogens with one attached hydrogen (secondary N) is 1. The fourth-order valence-corrected chi connectivity index (χ4v) is 3.11. The molecule has 3 nitrogen and oxygen atoms in total. The third-order valence-electron chi connectivity index (χ3n) is 4.57. The molecule has 26 heavy (non-hydrogen) atoms. The van der Waals surface area contributed by atoms with Crippen LogP contribution in [0.5, 0.6) is 5.75 Å². The summed E-state index contributed by atoms with van der Waals surface area (Å²) < 4.78 is 5.86. The Labute approximate surface area is 164 Å². The zero-order valence-corrected chi connectivity index (χ0v) is 17.3. The van der Waals surface area contributed by atoms with Gasteiger partial charge in [-0.1, -0.05) is 48.9 Å². The highest BCUT2D eigenvalue weighted by molar-refractivity contribution is 5.85. The molecule has 0 heterocycles. The van der Waals surface area contributed by atoms with Gasteiger partial charge in [-0.25, -0.2) is 0 Å². The van der Waals surface area contributed by atoms with E-state index in [0.29, 0.717) is 13.2 Å². The number of aryl methyl sites for hydroxylation is 4. The molecule has 0 spiro atoms. The summed E-state index contributed by atoms with van der Waals surface area (Å²) in [6, 6.07) is 13.0. The van der Waals surface area contributed by atoms with Crippen LogP contribution in [0.2, 0.25) is 0 Å². The lowest BCUT2D eigenvalue weighted by molar-refractivity contribution is 0.103. The van der Waals surface area contributed by atoms with Crippen LogP contribution in [0.3, 0.4) is 0 Å². The first kappa shape index (κ1) is 22.5. The number of hydrogen-bond acceptors (Lipinski definition) is 3. The Hall–Kier alpha value is -1.55. The second-order valence-electron chi connectivity index (χ2n) is 6.92. The normalized spacial score (nSPS) is 13.0. The van der Waals surface area contributed by atoms with Crippen molar-refractivity contribution in [1.82, 2.24) is 5.32 Å². The molecule has 0 aliphatic carbocycles. The van der Waals surface area contributed by atoms with Gasteiger partial charge in [0, 0.05) is 12.6 Å². The fourth-order valence-electron chi connectivity index (χ4n) is 3.11. The highest BCUT2D eigenvalue weighted by Gasteiger charge is 2.11. The molecule has 0 aromatic heterocycles. The third kappa shape index (κ3) is 6.31. The Bertz CT molecular complexity index is 662. The molecule has 2 rings (SSSR count). The summed E-state index contributed by atoms with van der Waals surface area (Å²) in [6.07, 6.45) is 0.508. The molecule has 0 saturated heterocycles. The molecule has 2 unspecified atom stereocenters. The third-order valence-corrected chi connectivity index (χ3v) is 4.57. The van der Waals surface area contributed by atoms with Crippen molar-refractivity contribution in [3.63, 3.8) is 0 Å². The molecule has 0 aliphatic heterocycles. The number of halogens is 1. The SMILES string of the molecule is CCc1ccc(C(C)NCC(O)COc2c(C)cc(C)cc2C)cc1.Cl.